The average Bonchev–Trinajstić information content (AvgIpc) is 2.47. The molecule has 2 aromatic rings. The Morgan fingerprint density at radius 1 is 1.10 bits per heavy atom. The SMILES string of the molecule is COc1ccc(CC(=O)OSc2ccc(O)cc2)cc1. The molecule has 0 unspecified atom stereocenters. The van der Waals surface area contributed by atoms with Crippen molar-refractivity contribution in [1.29, 1.82) is 0 Å². The summed E-state index contributed by atoms with van der Waals surface area (Å²) in [6.07, 6.45) is 0.203. The van der Waals surface area contributed by atoms with Gasteiger partial charge in [0, 0.05) is 4.90 Å². The number of hydrogen-bond acceptors (Lipinski definition) is 5. The predicted octanol–water partition coefficient (Wildman–Crippen LogP) is 3.19. The Morgan fingerprint density at radius 3 is 2.35 bits per heavy atom. The number of aromatic hydroxyl groups is 1. The first-order valence-corrected chi connectivity index (χ1v) is 6.71. The first-order chi connectivity index (χ1) is 9.67. The molecule has 0 amide bonds. The van der Waals surface area contributed by atoms with E-state index < -0.39 is 0 Å². The minimum atomic E-state index is -0.326. The van der Waals surface area contributed by atoms with Crippen molar-refractivity contribution in [2.75, 3.05) is 7.11 Å². The molecule has 104 valence electrons. The van der Waals surface area contributed by atoms with Crippen LogP contribution in [-0.2, 0) is 15.4 Å². The molecular formula is C15H14O4S. The smallest absolute Gasteiger partial charge is 0.322 e. The van der Waals surface area contributed by atoms with Crippen molar-refractivity contribution in [3.05, 3.63) is 54.1 Å². The molecule has 0 aliphatic rings. The maximum absolute atomic E-state index is 11.7. The number of methoxy groups -OCH3 is 1. The maximum Gasteiger partial charge on any atom is 0.322 e. The number of phenolic OH excluding ortho intramolecular Hbond substituents is 1. The fourth-order valence-corrected chi connectivity index (χ4v) is 2.03. The van der Waals surface area contributed by atoms with E-state index in [1.807, 2.05) is 12.1 Å². The Hall–Kier alpha value is -2.14. The second kappa shape index (κ2) is 6.86. The topological polar surface area (TPSA) is 55.8 Å². The lowest BCUT2D eigenvalue weighted by molar-refractivity contribution is -0.132. The Balaban J connectivity index is 1.84. The van der Waals surface area contributed by atoms with Crippen molar-refractivity contribution in [1.82, 2.24) is 0 Å². The molecule has 0 saturated heterocycles. The molecule has 0 bridgehead atoms. The largest absolute Gasteiger partial charge is 0.508 e. The average molecular weight is 290 g/mol. The summed E-state index contributed by atoms with van der Waals surface area (Å²) >= 11 is 0.979. The van der Waals surface area contributed by atoms with Gasteiger partial charge in [-0.05, 0) is 42.0 Å². The second-order valence-corrected chi connectivity index (χ2v) is 4.86. The van der Waals surface area contributed by atoms with E-state index in [1.54, 1.807) is 43.5 Å². The fraction of sp³-hybridized carbons (Fsp3) is 0.133. The van der Waals surface area contributed by atoms with Crippen LogP contribution in [0.15, 0.2) is 53.4 Å². The molecule has 2 aromatic carbocycles. The molecule has 0 aliphatic carbocycles. The molecule has 0 aromatic heterocycles. The van der Waals surface area contributed by atoms with Gasteiger partial charge in [-0.25, -0.2) is 0 Å². The van der Waals surface area contributed by atoms with E-state index in [4.69, 9.17) is 14.0 Å². The van der Waals surface area contributed by atoms with Crippen molar-refractivity contribution in [2.24, 2.45) is 0 Å². The van der Waals surface area contributed by atoms with Crippen molar-refractivity contribution in [3.63, 3.8) is 0 Å². The molecule has 1 N–H and O–H groups in total. The molecule has 0 heterocycles. The summed E-state index contributed by atoms with van der Waals surface area (Å²) in [4.78, 5) is 12.4. The predicted molar refractivity (Wildman–Crippen MR) is 76.8 cm³/mol. The third-order valence-electron chi connectivity index (χ3n) is 2.58. The quantitative estimate of drug-likeness (QED) is 0.857. The summed E-state index contributed by atoms with van der Waals surface area (Å²) in [7, 11) is 1.59. The first kappa shape index (κ1) is 14.3. The summed E-state index contributed by atoms with van der Waals surface area (Å²) in [5.41, 5.74) is 0.863. The van der Waals surface area contributed by atoms with E-state index >= 15 is 0 Å². The molecule has 2 rings (SSSR count). The van der Waals surface area contributed by atoms with Gasteiger partial charge in [-0.15, -0.1) is 0 Å². The van der Waals surface area contributed by atoms with Gasteiger partial charge in [0.1, 0.15) is 11.5 Å². The lowest BCUT2D eigenvalue weighted by Crippen LogP contribution is -2.03. The molecule has 4 nitrogen and oxygen atoms in total. The van der Waals surface area contributed by atoms with Gasteiger partial charge >= 0.3 is 5.97 Å². The molecule has 0 radical (unpaired) electrons. The Morgan fingerprint density at radius 2 is 1.75 bits per heavy atom. The highest BCUT2D eigenvalue weighted by Gasteiger charge is 2.07. The number of carbonyl (C=O) groups excluding carboxylic acids is 1. The van der Waals surface area contributed by atoms with E-state index in [9.17, 15) is 4.79 Å². The summed E-state index contributed by atoms with van der Waals surface area (Å²) in [6, 6.07) is 13.7. The highest BCUT2D eigenvalue weighted by molar-refractivity contribution is 7.95. The molecule has 20 heavy (non-hydrogen) atoms. The van der Waals surface area contributed by atoms with Crippen molar-refractivity contribution in [2.45, 2.75) is 11.3 Å². The zero-order valence-electron chi connectivity index (χ0n) is 10.9. The van der Waals surface area contributed by atoms with Gasteiger partial charge in [-0.3, -0.25) is 4.79 Å². The van der Waals surface area contributed by atoms with E-state index in [-0.39, 0.29) is 18.1 Å². The summed E-state index contributed by atoms with van der Waals surface area (Å²) in [5, 5.41) is 9.14. The van der Waals surface area contributed by atoms with Crippen LogP contribution < -0.4 is 4.74 Å². The van der Waals surface area contributed by atoms with Crippen LogP contribution in [0.5, 0.6) is 11.5 Å². The van der Waals surface area contributed by atoms with Crippen LogP contribution in [0.3, 0.4) is 0 Å². The van der Waals surface area contributed by atoms with Gasteiger partial charge < -0.3 is 14.0 Å². The molecule has 0 saturated carbocycles. The number of carbonyl (C=O) groups is 1. The number of hydrogen-bond donors (Lipinski definition) is 1. The number of ether oxygens (including phenoxy) is 1. The Bertz CT molecular complexity index is 563. The van der Waals surface area contributed by atoms with E-state index in [1.165, 1.54) is 0 Å². The summed E-state index contributed by atoms with van der Waals surface area (Å²) in [5.74, 6) is 0.604. The monoisotopic (exact) mass is 290 g/mol. The number of phenols is 1. The lowest BCUT2D eigenvalue weighted by Gasteiger charge is -2.04. The van der Waals surface area contributed by atoms with Gasteiger partial charge in [0.15, 0.2) is 0 Å². The minimum absolute atomic E-state index is 0.180. The van der Waals surface area contributed by atoms with Gasteiger partial charge in [0.25, 0.3) is 0 Å². The van der Waals surface area contributed by atoms with Crippen molar-refractivity contribution in [3.8, 4) is 11.5 Å². The van der Waals surface area contributed by atoms with Gasteiger partial charge in [0.05, 0.1) is 25.6 Å². The molecule has 0 fully saturated rings. The standard InChI is InChI=1S/C15H14O4S/c1-18-13-6-2-11(3-7-13)10-15(17)19-20-14-8-4-12(16)5-9-14/h2-9,16H,10H2,1H3. The van der Waals surface area contributed by atoms with Crippen LogP contribution in [0.1, 0.15) is 5.56 Å². The van der Waals surface area contributed by atoms with E-state index in [2.05, 4.69) is 0 Å². The minimum Gasteiger partial charge on any atom is -0.508 e. The van der Waals surface area contributed by atoms with Crippen LogP contribution in [0, 0.1) is 0 Å². The Kier molecular flexibility index (Phi) is 4.90. The van der Waals surface area contributed by atoms with Gasteiger partial charge in [-0.1, -0.05) is 12.1 Å². The third-order valence-corrected chi connectivity index (χ3v) is 3.31. The Labute approximate surface area is 121 Å². The highest BCUT2D eigenvalue weighted by Crippen LogP contribution is 2.22. The summed E-state index contributed by atoms with van der Waals surface area (Å²) < 4.78 is 10.1. The van der Waals surface area contributed by atoms with Crippen molar-refractivity contribution < 1.29 is 18.8 Å². The molecule has 5 heteroatoms. The van der Waals surface area contributed by atoms with Crippen LogP contribution >= 0.6 is 12.0 Å². The molecular weight excluding hydrogens is 276 g/mol. The maximum atomic E-state index is 11.7. The summed E-state index contributed by atoms with van der Waals surface area (Å²) in [6.45, 7) is 0. The van der Waals surface area contributed by atoms with Gasteiger partial charge in [0.2, 0.25) is 0 Å². The fourth-order valence-electron chi connectivity index (χ4n) is 1.54. The van der Waals surface area contributed by atoms with Crippen molar-refractivity contribution >= 4 is 18.0 Å². The molecule has 0 atom stereocenters. The second-order valence-electron chi connectivity index (χ2n) is 4.06. The lowest BCUT2D eigenvalue weighted by atomic mass is 10.1. The molecule has 0 aliphatic heterocycles. The van der Waals surface area contributed by atoms with E-state index in [0.717, 1.165) is 28.3 Å². The van der Waals surface area contributed by atoms with Crippen LogP contribution in [0.4, 0.5) is 0 Å². The molecule has 0 spiro atoms. The first-order valence-electron chi connectivity index (χ1n) is 5.96. The highest BCUT2D eigenvalue weighted by atomic mass is 32.2. The number of rotatable bonds is 5. The van der Waals surface area contributed by atoms with Gasteiger partial charge in [-0.2, -0.15) is 0 Å². The normalized spacial score (nSPS) is 10.1. The third kappa shape index (κ3) is 4.20. The zero-order chi connectivity index (χ0) is 14.4. The van der Waals surface area contributed by atoms with Crippen LogP contribution in [0.2, 0.25) is 0 Å². The van der Waals surface area contributed by atoms with Crippen LogP contribution in [-0.4, -0.2) is 18.2 Å². The van der Waals surface area contributed by atoms with E-state index in [0.29, 0.717) is 0 Å². The zero-order valence-corrected chi connectivity index (χ0v) is 11.7. The number of benzene rings is 2. The van der Waals surface area contributed by atoms with Crippen LogP contribution in [0.25, 0.3) is 0 Å².